The van der Waals surface area contributed by atoms with Crippen molar-refractivity contribution in [1.29, 1.82) is 0 Å². The Balaban J connectivity index is 1.42. The van der Waals surface area contributed by atoms with Crippen molar-refractivity contribution < 1.29 is 14.7 Å². The van der Waals surface area contributed by atoms with Gasteiger partial charge in [-0.3, -0.25) is 14.9 Å². The minimum atomic E-state index is -0.531. The molecule has 3 heterocycles. The zero-order valence-corrected chi connectivity index (χ0v) is 16.0. The van der Waals surface area contributed by atoms with Crippen molar-refractivity contribution in [3.63, 3.8) is 0 Å². The number of aliphatic hydroxyl groups excluding tert-OH is 1. The number of fused-ring (bicyclic) bond motifs is 4. The number of hydrogen-bond acceptors (Lipinski definition) is 4. The van der Waals surface area contributed by atoms with Crippen LogP contribution in [0.5, 0.6) is 0 Å². The van der Waals surface area contributed by atoms with Crippen LogP contribution in [0.1, 0.15) is 34.8 Å². The lowest BCUT2D eigenvalue weighted by Crippen LogP contribution is -2.37. The van der Waals surface area contributed by atoms with E-state index in [1.807, 2.05) is 0 Å². The molecule has 2 unspecified atom stereocenters. The van der Waals surface area contributed by atoms with Crippen LogP contribution >= 0.6 is 0 Å². The molecular formula is C22H20N4O4. The molecule has 2 aromatic carbocycles. The summed E-state index contributed by atoms with van der Waals surface area (Å²) in [5.41, 5.74) is 2.22. The second-order valence-electron chi connectivity index (χ2n) is 7.63. The lowest BCUT2D eigenvalue weighted by atomic mass is 9.94. The number of para-hydroxylation sites is 1. The summed E-state index contributed by atoms with van der Waals surface area (Å²) in [5.74, 6) is 0.194. The number of H-pyrrole nitrogens is 1. The molecule has 1 aromatic heterocycles. The average Bonchev–Trinajstić information content (AvgIpc) is 3.00. The summed E-state index contributed by atoms with van der Waals surface area (Å²) >= 11 is 0. The maximum absolute atomic E-state index is 12.7. The fourth-order valence-electron chi connectivity index (χ4n) is 4.38. The molecule has 1 fully saturated rings. The van der Waals surface area contributed by atoms with E-state index in [0.29, 0.717) is 41.5 Å². The first-order chi connectivity index (χ1) is 14.5. The Bertz CT molecular complexity index is 1240. The molecule has 8 nitrogen and oxygen atoms in total. The van der Waals surface area contributed by atoms with Gasteiger partial charge in [0.2, 0.25) is 0 Å². The summed E-state index contributed by atoms with van der Waals surface area (Å²) in [7, 11) is 0. The molecule has 0 saturated carbocycles. The Labute approximate surface area is 171 Å². The van der Waals surface area contributed by atoms with Gasteiger partial charge in [-0.25, -0.2) is 4.79 Å². The quantitative estimate of drug-likeness (QED) is 0.526. The van der Waals surface area contributed by atoms with Gasteiger partial charge in [0.15, 0.2) is 5.43 Å². The van der Waals surface area contributed by atoms with Gasteiger partial charge in [-0.2, -0.15) is 0 Å². The van der Waals surface area contributed by atoms with E-state index in [2.05, 4.69) is 15.6 Å². The minimum Gasteiger partial charge on any atom is -0.393 e. The maximum Gasteiger partial charge on any atom is 0.324 e. The highest BCUT2D eigenvalue weighted by Crippen LogP contribution is 2.43. The Morgan fingerprint density at radius 3 is 2.80 bits per heavy atom. The van der Waals surface area contributed by atoms with E-state index in [4.69, 9.17) is 0 Å². The normalized spacial score (nSPS) is 20.0. The van der Waals surface area contributed by atoms with E-state index < -0.39 is 12.1 Å². The highest BCUT2D eigenvalue weighted by molar-refractivity contribution is 6.05. The summed E-state index contributed by atoms with van der Waals surface area (Å²) in [5, 5.41) is 16.1. The van der Waals surface area contributed by atoms with Crippen LogP contribution in [0.2, 0.25) is 0 Å². The molecule has 1 saturated heterocycles. The number of rotatable bonds is 2. The summed E-state index contributed by atoms with van der Waals surface area (Å²) < 4.78 is 0. The van der Waals surface area contributed by atoms with Crippen LogP contribution in [0.25, 0.3) is 10.9 Å². The van der Waals surface area contributed by atoms with Crippen molar-refractivity contribution in [2.75, 3.05) is 17.2 Å². The van der Waals surface area contributed by atoms with Gasteiger partial charge in [-0.1, -0.05) is 18.2 Å². The second-order valence-corrected chi connectivity index (χ2v) is 7.63. The molecular weight excluding hydrogens is 384 g/mol. The largest absolute Gasteiger partial charge is 0.393 e. The summed E-state index contributed by atoms with van der Waals surface area (Å²) in [4.78, 5) is 42.4. The van der Waals surface area contributed by atoms with Crippen molar-refractivity contribution in [2.45, 2.75) is 25.0 Å². The van der Waals surface area contributed by atoms with Crippen molar-refractivity contribution in [3.8, 4) is 0 Å². The third-order valence-corrected chi connectivity index (χ3v) is 5.74. The molecule has 2 aliphatic heterocycles. The Kier molecular flexibility index (Phi) is 4.29. The number of nitrogens with zero attached hydrogens (tertiary/aromatic N) is 1. The smallest absolute Gasteiger partial charge is 0.324 e. The predicted octanol–water partition coefficient (Wildman–Crippen LogP) is 2.82. The van der Waals surface area contributed by atoms with Gasteiger partial charge < -0.3 is 20.3 Å². The SMILES string of the molecule is O=C(Nc1cc(=O)c2ccccc2[nH]1)Nc1cccc2c1C1CC(O)CCN1C2=O. The first kappa shape index (κ1) is 18.4. The zero-order chi connectivity index (χ0) is 20.8. The van der Waals surface area contributed by atoms with Crippen molar-refractivity contribution in [2.24, 2.45) is 0 Å². The number of aromatic nitrogens is 1. The molecule has 5 rings (SSSR count). The molecule has 2 atom stereocenters. The highest BCUT2D eigenvalue weighted by atomic mass is 16.3. The van der Waals surface area contributed by atoms with Gasteiger partial charge in [0.25, 0.3) is 5.91 Å². The van der Waals surface area contributed by atoms with Gasteiger partial charge in [0.1, 0.15) is 5.82 Å². The summed E-state index contributed by atoms with van der Waals surface area (Å²) in [6.07, 6.45) is 0.515. The van der Waals surface area contributed by atoms with Gasteiger partial charge in [-0.05, 0) is 37.1 Å². The van der Waals surface area contributed by atoms with Gasteiger partial charge in [0, 0.05) is 34.8 Å². The molecule has 2 aliphatic rings. The average molecular weight is 404 g/mol. The monoisotopic (exact) mass is 404 g/mol. The number of benzene rings is 2. The number of anilines is 2. The minimum absolute atomic E-state index is 0.0789. The van der Waals surface area contributed by atoms with Gasteiger partial charge in [0.05, 0.1) is 17.7 Å². The number of aliphatic hydroxyl groups is 1. The van der Waals surface area contributed by atoms with E-state index in [1.165, 1.54) is 6.07 Å². The Morgan fingerprint density at radius 2 is 1.93 bits per heavy atom. The predicted molar refractivity (Wildman–Crippen MR) is 113 cm³/mol. The lowest BCUT2D eigenvalue weighted by molar-refractivity contribution is 0.0391. The van der Waals surface area contributed by atoms with Crippen LogP contribution in [-0.4, -0.2) is 39.6 Å². The Hall–Kier alpha value is -3.65. The fourth-order valence-corrected chi connectivity index (χ4v) is 4.38. The summed E-state index contributed by atoms with van der Waals surface area (Å²) in [6.45, 7) is 0.489. The van der Waals surface area contributed by atoms with Crippen LogP contribution in [-0.2, 0) is 0 Å². The van der Waals surface area contributed by atoms with E-state index in [9.17, 15) is 19.5 Å². The lowest BCUT2D eigenvalue weighted by Gasteiger charge is -2.33. The molecule has 4 N–H and O–H groups in total. The number of nitrogens with one attached hydrogen (secondary N) is 3. The van der Waals surface area contributed by atoms with Crippen molar-refractivity contribution in [1.82, 2.24) is 9.88 Å². The molecule has 3 amide bonds. The van der Waals surface area contributed by atoms with E-state index in [1.54, 1.807) is 47.4 Å². The molecule has 152 valence electrons. The molecule has 30 heavy (non-hydrogen) atoms. The fraction of sp³-hybridized carbons (Fsp3) is 0.227. The topological polar surface area (TPSA) is 115 Å². The van der Waals surface area contributed by atoms with Crippen LogP contribution < -0.4 is 16.1 Å². The van der Waals surface area contributed by atoms with Crippen LogP contribution in [0, 0.1) is 0 Å². The first-order valence-corrected chi connectivity index (χ1v) is 9.83. The molecule has 0 spiro atoms. The van der Waals surface area contributed by atoms with Gasteiger partial charge in [-0.15, -0.1) is 0 Å². The molecule has 3 aromatic rings. The first-order valence-electron chi connectivity index (χ1n) is 9.83. The van der Waals surface area contributed by atoms with E-state index in [0.717, 1.165) is 5.56 Å². The summed E-state index contributed by atoms with van der Waals surface area (Å²) in [6, 6.07) is 12.8. The number of amides is 3. The number of hydrogen-bond donors (Lipinski definition) is 4. The van der Waals surface area contributed by atoms with Crippen molar-refractivity contribution in [3.05, 3.63) is 69.9 Å². The van der Waals surface area contributed by atoms with E-state index >= 15 is 0 Å². The Morgan fingerprint density at radius 1 is 1.10 bits per heavy atom. The second kappa shape index (κ2) is 7.00. The van der Waals surface area contributed by atoms with Crippen LogP contribution in [0.4, 0.5) is 16.3 Å². The maximum atomic E-state index is 12.7. The number of piperidine rings is 1. The third kappa shape index (κ3) is 3.02. The number of carbonyl (C=O) groups is 2. The molecule has 8 heteroatoms. The number of urea groups is 1. The number of pyridine rings is 1. The number of carbonyl (C=O) groups excluding carboxylic acids is 2. The van der Waals surface area contributed by atoms with Gasteiger partial charge >= 0.3 is 6.03 Å². The number of aromatic amines is 1. The molecule has 0 aliphatic carbocycles. The van der Waals surface area contributed by atoms with Crippen molar-refractivity contribution >= 4 is 34.3 Å². The third-order valence-electron chi connectivity index (χ3n) is 5.74. The van der Waals surface area contributed by atoms with E-state index in [-0.39, 0.29) is 23.2 Å². The zero-order valence-electron chi connectivity index (χ0n) is 16.0. The van der Waals surface area contributed by atoms with Crippen LogP contribution in [0.3, 0.4) is 0 Å². The molecule has 0 radical (unpaired) electrons. The molecule has 0 bridgehead atoms. The standard InChI is InChI=1S/C22H20N4O4/c27-12-8-9-26-17(10-12)20-14(21(26)29)5-3-7-16(20)24-22(30)25-19-11-18(28)13-4-1-2-6-15(13)23-19/h1-7,11-12,17,27H,8-10H2,(H3,23,24,25,28,30). The highest BCUT2D eigenvalue weighted by Gasteiger charge is 2.41. The van der Waals surface area contributed by atoms with Crippen LogP contribution in [0.15, 0.2) is 53.3 Å².